The average molecular weight is 249 g/mol. The van der Waals surface area contributed by atoms with Crippen LogP contribution in [0.5, 0.6) is 0 Å². The molecule has 2 aliphatic rings. The summed E-state index contributed by atoms with van der Waals surface area (Å²) in [4.78, 5) is 13.8. The van der Waals surface area contributed by atoms with Crippen molar-refractivity contribution < 1.29 is 4.79 Å². The van der Waals surface area contributed by atoms with Crippen molar-refractivity contribution in [1.82, 2.24) is 15.5 Å². The molecule has 0 radical (unpaired) electrons. The average Bonchev–Trinajstić information content (AvgIpc) is 2.91. The lowest BCUT2D eigenvalue weighted by atomic mass is 9.88. The summed E-state index contributed by atoms with van der Waals surface area (Å²) in [5.41, 5.74) is 0. The van der Waals surface area contributed by atoms with Crippen molar-refractivity contribution in [2.45, 2.75) is 31.7 Å². The summed E-state index contributed by atoms with van der Waals surface area (Å²) in [7, 11) is 0. The molecule has 0 saturated carbocycles. The van der Waals surface area contributed by atoms with E-state index in [2.05, 4.69) is 21.5 Å². The van der Waals surface area contributed by atoms with Gasteiger partial charge in [0.05, 0.1) is 13.1 Å². The number of terminal acetylenes is 1. The van der Waals surface area contributed by atoms with Gasteiger partial charge in [-0.2, -0.15) is 0 Å². The third-order valence-electron chi connectivity index (χ3n) is 4.05. The standard InChI is InChI=1S/C14H23N3O/c1-2-7-16-14(18)11-17-9-5-12(6-10-17)13-4-3-8-15-13/h1,12-13,15H,3-11H2,(H,16,18). The minimum atomic E-state index is 0.0467. The summed E-state index contributed by atoms with van der Waals surface area (Å²) in [5, 5.41) is 6.31. The van der Waals surface area contributed by atoms with Crippen molar-refractivity contribution in [3.8, 4) is 12.3 Å². The van der Waals surface area contributed by atoms with Crippen molar-refractivity contribution in [3.05, 3.63) is 0 Å². The van der Waals surface area contributed by atoms with Crippen molar-refractivity contribution in [2.24, 2.45) is 5.92 Å². The maximum absolute atomic E-state index is 11.5. The van der Waals surface area contributed by atoms with E-state index in [-0.39, 0.29) is 5.91 Å². The van der Waals surface area contributed by atoms with Gasteiger partial charge in [-0.15, -0.1) is 6.42 Å². The van der Waals surface area contributed by atoms with Gasteiger partial charge < -0.3 is 10.6 Å². The minimum Gasteiger partial charge on any atom is -0.344 e. The van der Waals surface area contributed by atoms with E-state index in [1.807, 2.05) is 0 Å². The van der Waals surface area contributed by atoms with Gasteiger partial charge in [0.2, 0.25) is 5.91 Å². The van der Waals surface area contributed by atoms with Crippen LogP contribution in [0.4, 0.5) is 0 Å². The molecule has 2 heterocycles. The van der Waals surface area contributed by atoms with Crippen LogP contribution in [0.2, 0.25) is 0 Å². The molecule has 0 bridgehead atoms. The number of carbonyl (C=O) groups excluding carboxylic acids is 1. The SMILES string of the molecule is C#CCNC(=O)CN1CCC(C2CCCN2)CC1. The first-order valence-corrected chi connectivity index (χ1v) is 6.95. The van der Waals surface area contributed by atoms with Gasteiger partial charge in [-0.05, 0) is 51.2 Å². The summed E-state index contributed by atoms with van der Waals surface area (Å²) < 4.78 is 0. The largest absolute Gasteiger partial charge is 0.344 e. The summed E-state index contributed by atoms with van der Waals surface area (Å²) >= 11 is 0. The highest BCUT2D eigenvalue weighted by Crippen LogP contribution is 2.25. The van der Waals surface area contributed by atoms with Crippen LogP contribution in [0.15, 0.2) is 0 Å². The lowest BCUT2D eigenvalue weighted by Gasteiger charge is -2.34. The second kappa shape index (κ2) is 6.77. The number of piperidine rings is 1. The molecule has 0 spiro atoms. The van der Waals surface area contributed by atoms with E-state index in [0.717, 1.165) is 25.0 Å². The normalized spacial score (nSPS) is 25.8. The van der Waals surface area contributed by atoms with Crippen molar-refractivity contribution >= 4 is 5.91 Å². The molecule has 0 aromatic heterocycles. The summed E-state index contributed by atoms with van der Waals surface area (Å²) in [6.45, 7) is 4.08. The molecule has 2 rings (SSSR count). The number of carbonyl (C=O) groups is 1. The Hall–Kier alpha value is -1.05. The maximum atomic E-state index is 11.5. The topological polar surface area (TPSA) is 44.4 Å². The van der Waals surface area contributed by atoms with Crippen LogP contribution in [0.1, 0.15) is 25.7 Å². The van der Waals surface area contributed by atoms with Gasteiger partial charge in [-0.3, -0.25) is 9.69 Å². The number of hydrogen-bond donors (Lipinski definition) is 2. The molecule has 1 atom stereocenters. The molecule has 4 heteroatoms. The highest BCUT2D eigenvalue weighted by Gasteiger charge is 2.28. The minimum absolute atomic E-state index is 0.0467. The van der Waals surface area contributed by atoms with Crippen LogP contribution in [0, 0.1) is 18.3 Å². The fourth-order valence-corrected chi connectivity index (χ4v) is 3.04. The van der Waals surface area contributed by atoms with E-state index in [0.29, 0.717) is 13.1 Å². The van der Waals surface area contributed by atoms with E-state index in [9.17, 15) is 4.79 Å². The monoisotopic (exact) mass is 249 g/mol. The molecule has 1 amide bonds. The zero-order chi connectivity index (χ0) is 12.8. The molecule has 18 heavy (non-hydrogen) atoms. The molecule has 2 fully saturated rings. The van der Waals surface area contributed by atoms with Gasteiger partial charge in [0.25, 0.3) is 0 Å². The molecule has 0 aromatic rings. The molecule has 0 aromatic carbocycles. The van der Waals surface area contributed by atoms with Crippen LogP contribution in [0.25, 0.3) is 0 Å². The number of rotatable bonds is 4. The first-order valence-electron chi connectivity index (χ1n) is 6.95. The zero-order valence-electron chi connectivity index (χ0n) is 11.0. The van der Waals surface area contributed by atoms with Crippen molar-refractivity contribution in [3.63, 3.8) is 0 Å². The third-order valence-corrected chi connectivity index (χ3v) is 4.05. The highest BCUT2D eigenvalue weighted by atomic mass is 16.2. The van der Waals surface area contributed by atoms with Crippen molar-refractivity contribution in [1.29, 1.82) is 0 Å². The Morgan fingerprint density at radius 1 is 1.39 bits per heavy atom. The fourth-order valence-electron chi connectivity index (χ4n) is 3.04. The predicted octanol–water partition coefficient (Wildman–Crippen LogP) is 0.200. The molecular formula is C14H23N3O. The second-order valence-electron chi connectivity index (χ2n) is 5.30. The number of nitrogens with zero attached hydrogens (tertiary/aromatic N) is 1. The number of amides is 1. The quantitative estimate of drug-likeness (QED) is 0.700. The van der Waals surface area contributed by atoms with Gasteiger partial charge in [0, 0.05) is 6.04 Å². The summed E-state index contributed by atoms with van der Waals surface area (Å²) in [5.74, 6) is 3.27. The van der Waals surface area contributed by atoms with Crippen molar-refractivity contribution in [2.75, 3.05) is 32.7 Å². The lowest BCUT2D eigenvalue weighted by Crippen LogP contribution is -2.44. The third kappa shape index (κ3) is 3.72. The summed E-state index contributed by atoms with van der Waals surface area (Å²) in [6.07, 6.45) is 10.2. The predicted molar refractivity (Wildman–Crippen MR) is 72.0 cm³/mol. The van der Waals surface area contributed by atoms with E-state index >= 15 is 0 Å². The highest BCUT2D eigenvalue weighted by molar-refractivity contribution is 5.78. The number of likely N-dealkylation sites (tertiary alicyclic amines) is 1. The van der Waals surface area contributed by atoms with Crippen LogP contribution in [-0.2, 0) is 4.79 Å². The smallest absolute Gasteiger partial charge is 0.234 e. The van der Waals surface area contributed by atoms with E-state index in [1.165, 1.54) is 32.2 Å². The van der Waals surface area contributed by atoms with E-state index in [4.69, 9.17) is 6.42 Å². The fraction of sp³-hybridized carbons (Fsp3) is 0.786. The summed E-state index contributed by atoms with van der Waals surface area (Å²) in [6, 6.07) is 0.724. The Bertz CT molecular complexity index is 309. The molecule has 0 aliphatic carbocycles. The second-order valence-corrected chi connectivity index (χ2v) is 5.30. The van der Waals surface area contributed by atoms with Crippen LogP contribution in [-0.4, -0.2) is 49.6 Å². The van der Waals surface area contributed by atoms with Gasteiger partial charge in [-0.1, -0.05) is 5.92 Å². The first kappa shape index (κ1) is 13.4. The van der Waals surface area contributed by atoms with Crippen LogP contribution in [0.3, 0.4) is 0 Å². The zero-order valence-corrected chi connectivity index (χ0v) is 11.0. The Morgan fingerprint density at radius 2 is 2.17 bits per heavy atom. The van der Waals surface area contributed by atoms with Gasteiger partial charge in [-0.25, -0.2) is 0 Å². The van der Waals surface area contributed by atoms with E-state index in [1.54, 1.807) is 0 Å². The number of hydrogen-bond acceptors (Lipinski definition) is 3. The molecule has 2 saturated heterocycles. The van der Waals surface area contributed by atoms with Crippen LogP contribution >= 0.6 is 0 Å². The number of nitrogens with one attached hydrogen (secondary N) is 2. The maximum Gasteiger partial charge on any atom is 0.234 e. The molecule has 2 aliphatic heterocycles. The van der Waals surface area contributed by atoms with Gasteiger partial charge >= 0.3 is 0 Å². The van der Waals surface area contributed by atoms with E-state index < -0.39 is 0 Å². The lowest BCUT2D eigenvalue weighted by molar-refractivity contribution is -0.122. The Balaban J connectivity index is 1.66. The van der Waals surface area contributed by atoms with Gasteiger partial charge in [0.15, 0.2) is 0 Å². The molecule has 100 valence electrons. The Morgan fingerprint density at radius 3 is 2.78 bits per heavy atom. The molecule has 1 unspecified atom stereocenters. The van der Waals surface area contributed by atoms with Gasteiger partial charge in [0.1, 0.15) is 0 Å². The molecule has 2 N–H and O–H groups in total. The Labute approximate surface area is 109 Å². The molecular weight excluding hydrogens is 226 g/mol. The van der Waals surface area contributed by atoms with Crippen LogP contribution < -0.4 is 10.6 Å². The Kier molecular flexibility index (Phi) is 5.03. The first-order chi connectivity index (χ1) is 8.79. The molecule has 4 nitrogen and oxygen atoms in total.